The molecule has 0 radical (unpaired) electrons. The van der Waals surface area contributed by atoms with Crippen LogP contribution in [-0.2, 0) is 4.79 Å². The largest absolute Gasteiger partial charge is 0.338 e. The highest BCUT2D eigenvalue weighted by molar-refractivity contribution is 6.15. The molecule has 88 valence electrons. The summed E-state index contributed by atoms with van der Waals surface area (Å²) >= 11 is 0. The van der Waals surface area contributed by atoms with Gasteiger partial charge in [-0.3, -0.25) is 4.79 Å². The maximum Gasteiger partial charge on any atom is 0.277 e. The molecule has 2 rings (SSSR count). The van der Waals surface area contributed by atoms with E-state index < -0.39 is 11.3 Å². The van der Waals surface area contributed by atoms with Gasteiger partial charge in [-0.25, -0.2) is 0 Å². The van der Waals surface area contributed by atoms with Crippen LogP contribution in [0.5, 0.6) is 0 Å². The fraction of sp³-hybridized carbons (Fsp3) is 0.214. The van der Waals surface area contributed by atoms with Gasteiger partial charge >= 0.3 is 0 Å². The van der Waals surface area contributed by atoms with Crippen molar-refractivity contribution in [3.8, 4) is 12.1 Å². The first-order valence-electron chi connectivity index (χ1n) is 5.46. The lowest BCUT2D eigenvalue weighted by Crippen LogP contribution is -2.44. The maximum absolute atomic E-state index is 12.1. The summed E-state index contributed by atoms with van der Waals surface area (Å²) < 4.78 is 0. The number of rotatable bonds is 1. The lowest BCUT2D eigenvalue weighted by molar-refractivity contribution is -0.118. The second-order valence-electron chi connectivity index (χ2n) is 4.16. The van der Waals surface area contributed by atoms with Gasteiger partial charge < -0.3 is 4.90 Å². The highest BCUT2D eigenvalue weighted by atomic mass is 16.1. The van der Waals surface area contributed by atoms with E-state index in [-0.39, 0.29) is 0 Å². The molecule has 0 amide bonds. The summed E-state index contributed by atoms with van der Waals surface area (Å²) in [5.41, 5.74) is 0.198. The molecule has 1 heterocycles. The fourth-order valence-electron chi connectivity index (χ4n) is 2.23. The van der Waals surface area contributed by atoms with Crippen LogP contribution in [0.4, 0.5) is 0 Å². The molecule has 1 aliphatic heterocycles. The Balaban J connectivity index is 2.63. The standard InChI is InChI=1S/C14H11N3O/c1-10-12(11-6-4-3-5-7-11)17(2)14(8-15,9-16)13(10)18/h3-7H,1-2H3. The minimum Gasteiger partial charge on any atom is -0.338 e. The van der Waals surface area contributed by atoms with Crippen LogP contribution in [-0.4, -0.2) is 23.3 Å². The number of ketones is 1. The lowest BCUT2D eigenvalue weighted by atomic mass is 9.96. The number of nitrogens with zero attached hydrogens (tertiary/aromatic N) is 3. The third-order valence-corrected chi connectivity index (χ3v) is 3.23. The smallest absolute Gasteiger partial charge is 0.277 e. The van der Waals surface area contributed by atoms with Crippen molar-refractivity contribution in [3.63, 3.8) is 0 Å². The second-order valence-corrected chi connectivity index (χ2v) is 4.16. The zero-order valence-electron chi connectivity index (χ0n) is 10.1. The second kappa shape index (κ2) is 4.01. The zero-order chi connectivity index (χ0) is 13.3. The quantitative estimate of drug-likeness (QED) is 0.745. The summed E-state index contributed by atoms with van der Waals surface area (Å²) in [4.78, 5) is 13.6. The molecule has 1 aromatic carbocycles. The molecule has 0 saturated heterocycles. The van der Waals surface area contributed by atoms with E-state index in [0.717, 1.165) is 5.56 Å². The van der Waals surface area contributed by atoms with Crippen LogP contribution in [0.15, 0.2) is 35.9 Å². The van der Waals surface area contributed by atoms with Gasteiger partial charge in [0.25, 0.3) is 5.54 Å². The number of benzene rings is 1. The van der Waals surface area contributed by atoms with Crippen LogP contribution < -0.4 is 0 Å². The van der Waals surface area contributed by atoms with Crippen molar-refractivity contribution in [2.75, 3.05) is 7.05 Å². The SMILES string of the molecule is CC1=C(c2ccccc2)N(C)C(C#N)(C#N)C1=O. The van der Waals surface area contributed by atoms with E-state index >= 15 is 0 Å². The third kappa shape index (κ3) is 1.33. The van der Waals surface area contributed by atoms with Gasteiger partial charge in [-0.15, -0.1) is 0 Å². The molecule has 0 aromatic heterocycles. The van der Waals surface area contributed by atoms with Crippen LogP contribution >= 0.6 is 0 Å². The number of carbonyl (C=O) groups is 1. The first-order chi connectivity index (χ1) is 8.58. The van der Waals surface area contributed by atoms with Gasteiger partial charge in [0.1, 0.15) is 12.1 Å². The molecule has 0 bridgehead atoms. The van der Waals surface area contributed by atoms with E-state index in [0.29, 0.717) is 11.3 Å². The van der Waals surface area contributed by atoms with Crippen molar-refractivity contribution < 1.29 is 4.79 Å². The van der Waals surface area contributed by atoms with Crippen LogP contribution in [0.1, 0.15) is 12.5 Å². The summed E-state index contributed by atoms with van der Waals surface area (Å²) in [5, 5.41) is 18.4. The van der Waals surface area contributed by atoms with Gasteiger partial charge in [-0.1, -0.05) is 30.3 Å². The van der Waals surface area contributed by atoms with E-state index in [9.17, 15) is 15.3 Å². The number of hydrogen-bond donors (Lipinski definition) is 0. The molecular weight excluding hydrogens is 226 g/mol. The Kier molecular flexibility index (Phi) is 2.65. The van der Waals surface area contributed by atoms with E-state index in [2.05, 4.69) is 0 Å². The average molecular weight is 237 g/mol. The molecule has 1 aliphatic rings. The van der Waals surface area contributed by atoms with Crippen molar-refractivity contribution in [2.24, 2.45) is 0 Å². The molecule has 1 aromatic rings. The van der Waals surface area contributed by atoms with E-state index in [4.69, 9.17) is 0 Å². The van der Waals surface area contributed by atoms with Gasteiger partial charge in [-0.2, -0.15) is 10.5 Å². The maximum atomic E-state index is 12.1. The Bertz CT molecular complexity index is 603. The van der Waals surface area contributed by atoms with Crippen molar-refractivity contribution in [1.82, 2.24) is 4.90 Å². The fourth-order valence-corrected chi connectivity index (χ4v) is 2.23. The lowest BCUT2D eigenvalue weighted by Gasteiger charge is -2.25. The van der Waals surface area contributed by atoms with Crippen molar-refractivity contribution in [3.05, 3.63) is 41.5 Å². The number of carbonyl (C=O) groups excluding carboxylic acids is 1. The van der Waals surface area contributed by atoms with Crippen molar-refractivity contribution >= 4 is 11.5 Å². The minimum absolute atomic E-state index is 0.436. The van der Waals surface area contributed by atoms with Gasteiger partial charge in [-0.05, 0) is 12.5 Å². The van der Waals surface area contributed by atoms with Gasteiger partial charge in [0.15, 0.2) is 0 Å². The van der Waals surface area contributed by atoms with E-state index in [1.165, 1.54) is 4.90 Å². The molecule has 0 N–H and O–H groups in total. The third-order valence-electron chi connectivity index (χ3n) is 3.23. The number of hydrogen-bond acceptors (Lipinski definition) is 4. The molecule has 0 spiro atoms. The first kappa shape index (κ1) is 11.9. The highest BCUT2D eigenvalue weighted by Gasteiger charge is 2.51. The topological polar surface area (TPSA) is 67.9 Å². The Morgan fingerprint density at radius 3 is 2.17 bits per heavy atom. The molecule has 4 heteroatoms. The van der Waals surface area contributed by atoms with Gasteiger partial charge in [0.2, 0.25) is 5.78 Å². The molecule has 0 atom stereocenters. The van der Waals surface area contributed by atoms with E-state index in [1.54, 1.807) is 14.0 Å². The van der Waals surface area contributed by atoms with Crippen molar-refractivity contribution in [2.45, 2.75) is 12.5 Å². The number of nitriles is 2. The summed E-state index contributed by atoms with van der Waals surface area (Å²) in [7, 11) is 1.60. The monoisotopic (exact) mass is 237 g/mol. The molecule has 4 nitrogen and oxygen atoms in total. The number of Topliss-reactive ketones (excluding diaryl/α,β-unsaturated/α-hetero) is 1. The molecule has 0 aliphatic carbocycles. The molecular formula is C14H11N3O. The Hall–Kier alpha value is -2.59. The van der Waals surface area contributed by atoms with E-state index in [1.807, 2.05) is 42.5 Å². The minimum atomic E-state index is -1.73. The summed E-state index contributed by atoms with van der Waals surface area (Å²) in [5.74, 6) is -0.436. The summed E-state index contributed by atoms with van der Waals surface area (Å²) in [6, 6.07) is 13.0. The van der Waals surface area contributed by atoms with Crippen LogP contribution in [0.3, 0.4) is 0 Å². The Labute approximate surface area is 105 Å². The van der Waals surface area contributed by atoms with Crippen LogP contribution in [0.2, 0.25) is 0 Å². The predicted octanol–water partition coefficient (Wildman–Crippen LogP) is 1.72. The van der Waals surface area contributed by atoms with Gasteiger partial charge in [0.05, 0.1) is 5.70 Å². The first-order valence-corrected chi connectivity index (χ1v) is 5.46. The summed E-state index contributed by atoms with van der Waals surface area (Å²) in [6.45, 7) is 1.65. The van der Waals surface area contributed by atoms with Gasteiger partial charge in [0, 0.05) is 12.6 Å². The molecule has 0 fully saturated rings. The zero-order valence-corrected chi connectivity index (χ0v) is 10.1. The predicted molar refractivity (Wildman–Crippen MR) is 65.8 cm³/mol. The van der Waals surface area contributed by atoms with Crippen LogP contribution in [0, 0.1) is 22.7 Å². The Morgan fingerprint density at radius 1 is 1.17 bits per heavy atom. The Morgan fingerprint density at radius 2 is 1.72 bits per heavy atom. The normalized spacial score (nSPS) is 17.6. The number of likely N-dealkylation sites (N-methyl/N-ethyl adjacent to an activating group) is 1. The summed E-state index contributed by atoms with van der Waals surface area (Å²) in [6.07, 6.45) is 0. The molecule has 0 unspecified atom stereocenters. The van der Waals surface area contributed by atoms with Crippen molar-refractivity contribution in [1.29, 1.82) is 10.5 Å². The average Bonchev–Trinajstić information content (AvgIpc) is 2.59. The highest BCUT2D eigenvalue weighted by Crippen LogP contribution is 2.37. The molecule has 18 heavy (non-hydrogen) atoms. The van der Waals surface area contributed by atoms with Crippen LogP contribution in [0.25, 0.3) is 5.70 Å². The molecule has 0 saturated carbocycles.